The highest BCUT2D eigenvalue weighted by Gasteiger charge is 2.43. The molecule has 8 atom stereocenters. The van der Waals surface area contributed by atoms with Crippen LogP contribution in [0.3, 0.4) is 0 Å². The number of nitrogens with zero attached hydrogens (tertiary/aromatic N) is 2. The van der Waals surface area contributed by atoms with Crippen LogP contribution in [0.15, 0.2) is 36.4 Å². The second-order valence-corrected chi connectivity index (χ2v) is 17.2. The van der Waals surface area contributed by atoms with E-state index in [4.69, 9.17) is 17.7 Å². The molecule has 4 heterocycles. The Morgan fingerprint density at radius 2 is 1.30 bits per heavy atom. The fourth-order valence-corrected chi connectivity index (χ4v) is 9.18. The molecule has 4 aromatic rings. The van der Waals surface area contributed by atoms with Gasteiger partial charge in [0.1, 0.15) is 35.7 Å². The Kier molecular flexibility index (Phi) is 12.8. The van der Waals surface area contributed by atoms with Gasteiger partial charge in [-0.2, -0.15) is 0 Å². The number of likely N-dealkylation sites (tertiary alicyclic amines) is 2. The predicted molar refractivity (Wildman–Crippen MR) is 238 cm³/mol. The number of ketones is 1. The first-order chi connectivity index (χ1) is 32.7. The Bertz CT molecular complexity index is 2440. The number of carbonyl (C=O) groups is 6. The van der Waals surface area contributed by atoms with Gasteiger partial charge in [-0.15, -0.1) is 0 Å². The van der Waals surface area contributed by atoms with Crippen molar-refractivity contribution in [3.63, 3.8) is 0 Å². The van der Waals surface area contributed by atoms with E-state index in [9.17, 15) is 28.8 Å². The highest BCUT2D eigenvalue weighted by atomic mass is 19.1. The van der Waals surface area contributed by atoms with Crippen molar-refractivity contribution in [2.24, 2.45) is 11.8 Å². The lowest BCUT2D eigenvalue weighted by Crippen LogP contribution is -2.51. The molecule has 4 N–H and O–H groups in total. The van der Waals surface area contributed by atoms with Gasteiger partial charge in [-0.05, 0) is 93.5 Å². The standard InChI is InChI=1S/C48H62F2N6O8/c1-9-25(4)46(60)54-40(11-3)48(62)56-24-35(64-28(7)58)20-33(56)22-39-37-15-13-31(50)18-42(37)53-45(39)44-38(36-14-12-30(49)17-41(36)52-44)21-32-19-34(63-27(6)57)23-55(32)47(61)29(10-2)16-43(59)26(5)51-8/h12-15,17-18,25-26,29,32-35,40,51-53H,9-11,16,19-24H2,1-8H3,(H,54,60)/t25-,26+,29-,32+,33+,34+,35+,40+/m1/s1/i1D3,8D3. The topological polar surface area (TPSA) is 183 Å². The molecule has 2 aliphatic rings. The maximum Gasteiger partial charge on any atom is 0.302 e. The van der Waals surface area contributed by atoms with Gasteiger partial charge in [0, 0.05) is 87.1 Å². The van der Waals surface area contributed by atoms with Crippen molar-refractivity contribution in [2.75, 3.05) is 20.1 Å². The van der Waals surface area contributed by atoms with Crippen molar-refractivity contribution < 1.29 is 55.2 Å². The van der Waals surface area contributed by atoms with Gasteiger partial charge >= 0.3 is 11.9 Å². The van der Waals surface area contributed by atoms with E-state index in [1.165, 1.54) is 56.9 Å². The molecule has 0 unspecified atom stereocenters. The van der Waals surface area contributed by atoms with Crippen molar-refractivity contribution in [3.05, 3.63) is 59.2 Å². The first-order valence-electron chi connectivity index (χ1n) is 24.9. The number of hydrogen-bond acceptors (Lipinski definition) is 9. The Hall–Kier alpha value is -5.64. The molecule has 0 radical (unpaired) electrons. The monoisotopic (exact) mass is 894 g/mol. The number of aromatic nitrogens is 2. The molecule has 64 heavy (non-hydrogen) atoms. The summed E-state index contributed by atoms with van der Waals surface area (Å²) < 4.78 is 86.9. The third-order valence-electron chi connectivity index (χ3n) is 12.6. The number of rotatable bonds is 18. The van der Waals surface area contributed by atoms with Gasteiger partial charge < -0.3 is 39.9 Å². The summed E-state index contributed by atoms with van der Waals surface area (Å²) >= 11 is 0. The van der Waals surface area contributed by atoms with Gasteiger partial charge in [0.25, 0.3) is 0 Å². The maximum absolute atomic E-state index is 15.0. The molecule has 0 spiro atoms. The average molecular weight is 895 g/mol. The molecule has 6 rings (SSSR count). The summed E-state index contributed by atoms with van der Waals surface area (Å²) in [5.41, 5.74) is 2.92. The highest BCUT2D eigenvalue weighted by molar-refractivity contribution is 5.97. The molecule has 0 bridgehead atoms. The van der Waals surface area contributed by atoms with Crippen molar-refractivity contribution in [3.8, 4) is 11.4 Å². The van der Waals surface area contributed by atoms with E-state index in [2.05, 4.69) is 20.6 Å². The first kappa shape index (κ1) is 39.9. The third kappa shape index (κ3) is 10.5. The summed E-state index contributed by atoms with van der Waals surface area (Å²) in [7, 11) is 0. The van der Waals surface area contributed by atoms with Crippen molar-refractivity contribution >= 4 is 57.2 Å². The third-order valence-corrected chi connectivity index (χ3v) is 12.6. The summed E-state index contributed by atoms with van der Waals surface area (Å²) in [5, 5.41) is 6.19. The Labute approximate surface area is 381 Å². The summed E-state index contributed by atoms with van der Waals surface area (Å²) in [6.07, 6.45) is -1.07. The Morgan fingerprint density at radius 1 is 0.781 bits per heavy atom. The molecule has 2 aromatic heterocycles. The van der Waals surface area contributed by atoms with Crippen LogP contribution in [0.4, 0.5) is 8.78 Å². The lowest BCUT2D eigenvalue weighted by atomic mass is 9.93. The van der Waals surface area contributed by atoms with E-state index in [0.717, 1.165) is 0 Å². The summed E-state index contributed by atoms with van der Waals surface area (Å²) in [5.74, 6) is -5.93. The second kappa shape index (κ2) is 20.5. The van der Waals surface area contributed by atoms with E-state index in [1.54, 1.807) is 30.9 Å². The van der Waals surface area contributed by atoms with Crippen molar-refractivity contribution in [1.29, 1.82) is 0 Å². The number of Topliss-reactive ketones (excluding diaryl/α,β-unsaturated/α-hetero) is 1. The SMILES string of the molecule is [2H]C([2H])([2H])C[C@@H](C)C(=O)N[C@@H](CC)C(=O)N1C[C@@H](OC(C)=O)C[C@H]1Cc1c(-c2[nH]c3cc(F)ccc3c2C[C@@H]2C[C@H](OC(C)=O)CN2C(=O)[C@H](CC)CC(=O)[C@H](C)NC([2H])([2H])[2H])[nH]c2cc(F)ccc12. The van der Waals surface area contributed by atoms with E-state index in [1.807, 2.05) is 0 Å². The molecule has 14 nitrogen and oxygen atoms in total. The number of fused-ring (bicyclic) bond motifs is 2. The molecule has 2 fully saturated rings. The summed E-state index contributed by atoms with van der Waals surface area (Å²) in [6, 6.07) is 4.99. The van der Waals surface area contributed by atoms with E-state index < -0.39 is 116 Å². The fourth-order valence-electron chi connectivity index (χ4n) is 9.18. The fraction of sp³-hybridized carbons (Fsp3) is 0.542. The zero-order valence-electron chi connectivity index (χ0n) is 43.1. The van der Waals surface area contributed by atoms with Gasteiger partial charge in [-0.1, -0.05) is 27.6 Å². The molecule has 2 aromatic carbocycles. The van der Waals surface area contributed by atoms with Gasteiger partial charge in [-0.3, -0.25) is 28.8 Å². The molecule has 2 aliphatic heterocycles. The van der Waals surface area contributed by atoms with Crippen LogP contribution in [0.5, 0.6) is 0 Å². The van der Waals surface area contributed by atoms with Crippen LogP contribution in [-0.2, 0) is 51.1 Å². The van der Waals surface area contributed by atoms with Gasteiger partial charge in [-0.25, -0.2) is 8.78 Å². The normalized spacial score (nSPS) is 22.4. The Balaban J connectivity index is 1.41. The summed E-state index contributed by atoms with van der Waals surface area (Å²) in [4.78, 5) is 90.0. The number of likely N-dealkylation sites (N-methyl/N-ethyl adjacent to an activating group) is 1. The number of esters is 2. The molecule has 16 heteroatoms. The first-order valence-corrected chi connectivity index (χ1v) is 21.9. The van der Waals surface area contributed by atoms with Crippen molar-refractivity contribution in [1.82, 2.24) is 30.4 Å². The van der Waals surface area contributed by atoms with Crippen LogP contribution < -0.4 is 10.6 Å². The number of amides is 3. The van der Waals surface area contributed by atoms with E-state index in [0.29, 0.717) is 44.3 Å². The van der Waals surface area contributed by atoms with Crippen LogP contribution in [-0.4, -0.2) is 112 Å². The molecular formula is C48H62F2N6O8. The van der Waals surface area contributed by atoms with Crippen molar-refractivity contribution in [2.45, 2.75) is 136 Å². The predicted octanol–water partition coefficient (Wildman–Crippen LogP) is 6.28. The van der Waals surface area contributed by atoms with Gasteiger partial charge in [0.05, 0.1) is 30.5 Å². The van der Waals surface area contributed by atoms with Crippen LogP contribution in [0.1, 0.15) is 106 Å². The lowest BCUT2D eigenvalue weighted by Gasteiger charge is -2.29. The number of ether oxygens (including phenoxy) is 2. The van der Waals surface area contributed by atoms with Gasteiger partial charge in [0.15, 0.2) is 0 Å². The smallest absolute Gasteiger partial charge is 0.302 e. The summed E-state index contributed by atoms with van der Waals surface area (Å²) in [6.45, 7) is 3.89. The number of benzene rings is 2. The minimum absolute atomic E-state index is 0.00665. The van der Waals surface area contributed by atoms with Gasteiger partial charge in [0.2, 0.25) is 17.7 Å². The highest BCUT2D eigenvalue weighted by Crippen LogP contribution is 2.40. The maximum atomic E-state index is 15.0. The molecular weight excluding hydrogens is 827 g/mol. The lowest BCUT2D eigenvalue weighted by molar-refractivity contribution is -0.147. The van der Waals surface area contributed by atoms with Crippen LogP contribution in [0.2, 0.25) is 0 Å². The van der Waals surface area contributed by atoms with E-state index >= 15 is 8.78 Å². The van der Waals surface area contributed by atoms with Crippen LogP contribution in [0.25, 0.3) is 33.2 Å². The molecule has 0 aliphatic carbocycles. The zero-order chi connectivity index (χ0) is 51.6. The number of carbonyl (C=O) groups excluding carboxylic acids is 6. The number of hydrogen-bond donors (Lipinski definition) is 4. The zero-order valence-corrected chi connectivity index (χ0v) is 37.1. The molecule has 0 saturated carbocycles. The molecule has 3 amide bonds. The molecule has 2 saturated heterocycles. The number of halogens is 2. The quantitative estimate of drug-likeness (QED) is 0.0836. The van der Waals surface area contributed by atoms with E-state index in [-0.39, 0.29) is 58.0 Å². The number of nitrogens with one attached hydrogen (secondary N) is 4. The minimum atomic E-state index is -2.58. The number of aromatic amines is 2. The van der Waals surface area contributed by atoms with Crippen LogP contribution >= 0.6 is 0 Å². The average Bonchev–Trinajstić information content (AvgIpc) is 4.02. The Morgan fingerprint density at radius 3 is 1.75 bits per heavy atom. The second-order valence-electron chi connectivity index (χ2n) is 17.2. The molecule has 346 valence electrons. The number of H-pyrrole nitrogens is 2. The largest absolute Gasteiger partial charge is 0.461 e. The minimum Gasteiger partial charge on any atom is -0.461 e. The van der Waals surface area contributed by atoms with Crippen LogP contribution in [0, 0.1) is 23.5 Å².